The van der Waals surface area contributed by atoms with Crippen LogP contribution in [0.3, 0.4) is 0 Å². The van der Waals surface area contributed by atoms with Crippen molar-refractivity contribution in [3.63, 3.8) is 0 Å². The molecule has 1 N–H and O–H groups in total. The van der Waals surface area contributed by atoms with Crippen LogP contribution in [0.4, 0.5) is 4.79 Å². The van der Waals surface area contributed by atoms with Crippen LogP contribution in [-0.2, 0) is 11.2 Å². The van der Waals surface area contributed by atoms with Crippen LogP contribution in [0.15, 0.2) is 24.3 Å². The number of ether oxygens (including phenoxy) is 2. The van der Waals surface area contributed by atoms with Crippen LogP contribution in [0.25, 0.3) is 0 Å². The first kappa shape index (κ1) is 9.83. The number of fused-ring (bicyclic) bond motifs is 1. The number of alkyl carbamates (subject to hydrolysis) is 1. The van der Waals surface area contributed by atoms with Gasteiger partial charge in [-0.1, -0.05) is 18.2 Å². The van der Waals surface area contributed by atoms with E-state index in [4.69, 9.17) is 9.47 Å². The van der Waals surface area contributed by atoms with Crippen molar-refractivity contribution in [3.05, 3.63) is 29.8 Å². The van der Waals surface area contributed by atoms with Crippen molar-refractivity contribution in [1.82, 2.24) is 5.32 Å². The molecule has 0 fully saturated rings. The molecule has 80 valence electrons. The van der Waals surface area contributed by atoms with E-state index in [1.165, 1.54) is 0 Å². The summed E-state index contributed by atoms with van der Waals surface area (Å²) in [6.45, 7) is 2.13. The lowest BCUT2D eigenvalue weighted by Crippen LogP contribution is -2.38. The summed E-state index contributed by atoms with van der Waals surface area (Å²) in [5, 5.41) is 2.64. The Kier molecular flexibility index (Phi) is 2.76. The summed E-state index contributed by atoms with van der Waals surface area (Å²) in [4.78, 5) is 11.1. The monoisotopic (exact) mass is 207 g/mol. The van der Waals surface area contributed by atoms with Crippen molar-refractivity contribution in [1.29, 1.82) is 0 Å². The van der Waals surface area contributed by atoms with Gasteiger partial charge in [0.15, 0.2) is 6.23 Å². The van der Waals surface area contributed by atoms with Gasteiger partial charge in [0, 0.05) is 6.42 Å². The molecule has 4 nitrogen and oxygen atoms in total. The van der Waals surface area contributed by atoms with Gasteiger partial charge in [-0.05, 0) is 18.6 Å². The van der Waals surface area contributed by atoms with Gasteiger partial charge in [-0.3, -0.25) is 5.32 Å². The van der Waals surface area contributed by atoms with E-state index >= 15 is 0 Å². The van der Waals surface area contributed by atoms with Gasteiger partial charge in [0.1, 0.15) is 5.75 Å². The third kappa shape index (κ3) is 2.21. The van der Waals surface area contributed by atoms with Crippen molar-refractivity contribution in [2.45, 2.75) is 19.6 Å². The standard InChI is InChI=1S/C11H13NO3/c1-2-14-11(13)12-10-7-8-5-3-4-6-9(8)15-10/h3-6,10H,2,7H2,1H3,(H,12,13). The molecule has 1 aromatic carbocycles. The van der Waals surface area contributed by atoms with Gasteiger partial charge in [0.05, 0.1) is 6.61 Å². The van der Waals surface area contributed by atoms with Crippen LogP contribution in [0.5, 0.6) is 5.75 Å². The quantitative estimate of drug-likeness (QED) is 0.802. The fourth-order valence-corrected chi connectivity index (χ4v) is 1.57. The number of carbonyl (C=O) groups is 1. The molecule has 1 aliphatic rings. The molecular weight excluding hydrogens is 194 g/mol. The van der Waals surface area contributed by atoms with E-state index in [2.05, 4.69) is 5.32 Å². The molecule has 1 aromatic rings. The molecular formula is C11H13NO3. The summed E-state index contributed by atoms with van der Waals surface area (Å²) >= 11 is 0. The summed E-state index contributed by atoms with van der Waals surface area (Å²) in [5.74, 6) is 0.833. The molecule has 2 rings (SSSR count). The van der Waals surface area contributed by atoms with E-state index in [0.29, 0.717) is 13.0 Å². The zero-order valence-corrected chi connectivity index (χ0v) is 8.53. The molecule has 0 aliphatic carbocycles. The smallest absolute Gasteiger partial charge is 0.409 e. The molecule has 0 spiro atoms. The van der Waals surface area contributed by atoms with E-state index in [1.54, 1.807) is 6.92 Å². The Labute approximate surface area is 88.2 Å². The Bertz CT molecular complexity index is 340. The number of benzene rings is 1. The number of nitrogens with one attached hydrogen (secondary N) is 1. The Morgan fingerprint density at radius 1 is 1.60 bits per heavy atom. The molecule has 1 heterocycles. The summed E-state index contributed by atoms with van der Waals surface area (Å²) in [6, 6.07) is 7.74. The first-order chi connectivity index (χ1) is 7.29. The van der Waals surface area contributed by atoms with Gasteiger partial charge < -0.3 is 9.47 Å². The Hall–Kier alpha value is -1.71. The van der Waals surface area contributed by atoms with Crippen molar-refractivity contribution in [2.75, 3.05) is 6.61 Å². The average Bonchev–Trinajstić information content (AvgIpc) is 2.59. The molecule has 4 heteroatoms. The molecule has 0 saturated carbocycles. The first-order valence-corrected chi connectivity index (χ1v) is 4.97. The molecule has 0 radical (unpaired) electrons. The third-order valence-corrected chi connectivity index (χ3v) is 2.20. The van der Waals surface area contributed by atoms with Crippen LogP contribution in [0.2, 0.25) is 0 Å². The van der Waals surface area contributed by atoms with E-state index < -0.39 is 6.09 Å². The maximum atomic E-state index is 11.1. The minimum atomic E-state index is -0.435. The highest BCUT2D eigenvalue weighted by Gasteiger charge is 2.23. The van der Waals surface area contributed by atoms with Crippen LogP contribution in [-0.4, -0.2) is 18.9 Å². The highest BCUT2D eigenvalue weighted by atomic mass is 16.6. The van der Waals surface area contributed by atoms with Crippen molar-refractivity contribution < 1.29 is 14.3 Å². The summed E-state index contributed by atoms with van der Waals surface area (Å²) in [6.07, 6.45) is -0.0496. The second-order valence-electron chi connectivity index (χ2n) is 3.28. The van der Waals surface area contributed by atoms with Crippen LogP contribution in [0.1, 0.15) is 12.5 Å². The van der Waals surface area contributed by atoms with Gasteiger partial charge in [-0.2, -0.15) is 0 Å². The molecule has 15 heavy (non-hydrogen) atoms. The molecule has 1 unspecified atom stereocenters. The molecule has 0 bridgehead atoms. The zero-order chi connectivity index (χ0) is 10.7. The van der Waals surface area contributed by atoms with E-state index in [-0.39, 0.29) is 6.23 Å². The van der Waals surface area contributed by atoms with Crippen molar-refractivity contribution in [2.24, 2.45) is 0 Å². The Balaban J connectivity index is 1.93. The van der Waals surface area contributed by atoms with Crippen molar-refractivity contribution >= 4 is 6.09 Å². The predicted molar refractivity (Wildman–Crippen MR) is 54.7 cm³/mol. The molecule has 1 amide bonds. The Morgan fingerprint density at radius 2 is 2.40 bits per heavy atom. The summed E-state index contributed by atoms with van der Waals surface area (Å²) in [7, 11) is 0. The topological polar surface area (TPSA) is 47.6 Å². The van der Waals surface area contributed by atoms with Gasteiger partial charge in [0.2, 0.25) is 0 Å². The number of amides is 1. The largest absolute Gasteiger partial charge is 0.470 e. The zero-order valence-electron chi connectivity index (χ0n) is 8.53. The summed E-state index contributed by atoms with van der Waals surface area (Å²) in [5.41, 5.74) is 1.11. The molecule has 0 aromatic heterocycles. The maximum absolute atomic E-state index is 11.1. The second-order valence-corrected chi connectivity index (χ2v) is 3.28. The van der Waals surface area contributed by atoms with E-state index in [0.717, 1.165) is 11.3 Å². The maximum Gasteiger partial charge on any atom is 0.409 e. The number of hydrogen-bond donors (Lipinski definition) is 1. The lowest BCUT2D eigenvalue weighted by atomic mass is 10.1. The minimum absolute atomic E-state index is 0.304. The number of para-hydroxylation sites is 1. The predicted octanol–water partition coefficient (Wildman–Crippen LogP) is 1.69. The van der Waals surface area contributed by atoms with Gasteiger partial charge in [-0.15, -0.1) is 0 Å². The van der Waals surface area contributed by atoms with Crippen molar-refractivity contribution in [3.8, 4) is 5.75 Å². The lowest BCUT2D eigenvalue weighted by molar-refractivity contribution is 0.122. The van der Waals surface area contributed by atoms with E-state index in [1.807, 2.05) is 24.3 Å². The van der Waals surface area contributed by atoms with Crippen LogP contribution < -0.4 is 10.1 Å². The van der Waals surface area contributed by atoms with E-state index in [9.17, 15) is 4.79 Å². The molecule has 1 aliphatic heterocycles. The highest BCUT2D eigenvalue weighted by molar-refractivity contribution is 5.67. The van der Waals surface area contributed by atoms with Gasteiger partial charge in [-0.25, -0.2) is 4.79 Å². The second kappa shape index (κ2) is 4.21. The fraction of sp³-hybridized carbons (Fsp3) is 0.364. The fourth-order valence-electron chi connectivity index (χ4n) is 1.57. The third-order valence-electron chi connectivity index (χ3n) is 2.20. The Morgan fingerprint density at radius 3 is 3.13 bits per heavy atom. The van der Waals surface area contributed by atoms with Gasteiger partial charge in [0.25, 0.3) is 0 Å². The SMILES string of the molecule is CCOC(=O)NC1Cc2ccccc2O1. The number of hydrogen-bond acceptors (Lipinski definition) is 3. The lowest BCUT2D eigenvalue weighted by Gasteiger charge is -2.11. The first-order valence-electron chi connectivity index (χ1n) is 4.97. The molecule has 1 atom stereocenters. The summed E-state index contributed by atoms with van der Waals surface area (Å²) < 4.78 is 10.3. The number of carbonyl (C=O) groups excluding carboxylic acids is 1. The average molecular weight is 207 g/mol. The van der Waals surface area contributed by atoms with Gasteiger partial charge >= 0.3 is 6.09 Å². The molecule has 0 saturated heterocycles. The normalized spacial score (nSPS) is 17.8. The van der Waals surface area contributed by atoms with Crippen LogP contribution in [0, 0.1) is 0 Å². The minimum Gasteiger partial charge on any atom is -0.470 e. The highest BCUT2D eigenvalue weighted by Crippen LogP contribution is 2.26. The number of rotatable bonds is 2. The van der Waals surface area contributed by atoms with Crippen LogP contribution >= 0.6 is 0 Å².